The van der Waals surface area contributed by atoms with Crippen LogP contribution in [0.25, 0.3) is 11.3 Å². The molecule has 1 aromatic carbocycles. The lowest BCUT2D eigenvalue weighted by Gasteiger charge is -2.34. The first-order valence-electron chi connectivity index (χ1n) is 10.3. The van der Waals surface area contributed by atoms with Gasteiger partial charge in [-0.25, -0.2) is 0 Å². The standard InChI is InChI=1S/C22H27BrN4OS/c1-4-5-10-29-22-25-21-19(26-27-22)17-12-15(23)7-9-18(17)24-20(28-21)16-8-6-13(2)11-14(16)3/h6-7,9,12,14,16,20,24H,4-5,8,10-11H2,1-3H3/t14-,16+,20-/m0/s1. The third-order valence-corrected chi connectivity index (χ3v) is 7.06. The van der Waals surface area contributed by atoms with Crippen molar-refractivity contribution in [1.29, 1.82) is 0 Å². The van der Waals surface area contributed by atoms with Gasteiger partial charge in [-0.1, -0.05) is 59.6 Å². The van der Waals surface area contributed by atoms with E-state index in [1.807, 2.05) is 6.07 Å². The minimum atomic E-state index is -0.152. The molecule has 29 heavy (non-hydrogen) atoms. The number of aromatic nitrogens is 3. The van der Waals surface area contributed by atoms with E-state index < -0.39 is 0 Å². The van der Waals surface area contributed by atoms with Gasteiger partial charge in [0.25, 0.3) is 0 Å². The van der Waals surface area contributed by atoms with E-state index in [2.05, 4.69) is 70.4 Å². The zero-order valence-corrected chi connectivity index (χ0v) is 19.5. The number of nitrogens with one attached hydrogen (secondary N) is 1. The van der Waals surface area contributed by atoms with Crippen molar-refractivity contribution in [3.8, 4) is 17.1 Å². The molecule has 1 aromatic heterocycles. The SMILES string of the molecule is CCCCSc1nnc2c(n1)O[C@@H]([C@@H]1CC=C(C)C[C@@H]1C)Nc1ccc(Br)cc1-2. The van der Waals surface area contributed by atoms with E-state index in [0.29, 0.717) is 28.6 Å². The summed E-state index contributed by atoms with van der Waals surface area (Å²) in [6, 6.07) is 6.17. The van der Waals surface area contributed by atoms with Gasteiger partial charge in [0.1, 0.15) is 0 Å². The van der Waals surface area contributed by atoms with Crippen LogP contribution in [0.4, 0.5) is 5.69 Å². The molecule has 2 aromatic rings. The average Bonchev–Trinajstić information content (AvgIpc) is 2.84. The van der Waals surface area contributed by atoms with Crippen LogP contribution in [0.5, 0.6) is 5.88 Å². The lowest BCUT2D eigenvalue weighted by molar-refractivity contribution is 0.114. The lowest BCUT2D eigenvalue weighted by atomic mass is 9.80. The molecular formula is C22H27BrN4OS. The maximum Gasteiger partial charge on any atom is 0.247 e. The van der Waals surface area contributed by atoms with E-state index in [9.17, 15) is 0 Å². The van der Waals surface area contributed by atoms with Crippen molar-refractivity contribution in [2.45, 2.75) is 57.8 Å². The van der Waals surface area contributed by atoms with Crippen molar-refractivity contribution in [3.05, 3.63) is 34.3 Å². The first kappa shape index (κ1) is 20.7. The molecule has 0 fully saturated rings. The highest BCUT2D eigenvalue weighted by atomic mass is 79.9. The molecule has 1 aliphatic heterocycles. The molecule has 0 bridgehead atoms. The van der Waals surface area contributed by atoms with Crippen LogP contribution < -0.4 is 10.1 Å². The van der Waals surface area contributed by atoms with Crippen molar-refractivity contribution in [2.75, 3.05) is 11.1 Å². The van der Waals surface area contributed by atoms with Crippen molar-refractivity contribution < 1.29 is 4.74 Å². The molecule has 0 saturated heterocycles. The van der Waals surface area contributed by atoms with E-state index in [4.69, 9.17) is 9.72 Å². The largest absolute Gasteiger partial charge is 0.452 e. The fraction of sp³-hybridized carbons (Fsp3) is 0.500. The number of halogens is 1. The van der Waals surface area contributed by atoms with E-state index in [0.717, 1.165) is 47.2 Å². The number of allylic oxidation sites excluding steroid dienone is 2. The summed E-state index contributed by atoms with van der Waals surface area (Å²) in [6.07, 6.45) is 6.59. The Morgan fingerprint density at radius 3 is 2.97 bits per heavy atom. The number of hydrogen-bond acceptors (Lipinski definition) is 6. The Hall–Kier alpha value is -1.60. The molecule has 0 saturated carbocycles. The Labute approximate surface area is 185 Å². The van der Waals surface area contributed by atoms with Crippen LogP contribution in [-0.2, 0) is 0 Å². The van der Waals surface area contributed by atoms with E-state index >= 15 is 0 Å². The van der Waals surface area contributed by atoms with Gasteiger partial charge >= 0.3 is 0 Å². The van der Waals surface area contributed by atoms with Crippen molar-refractivity contribution in [1.82, 2.24) is 15.2 Å². The molecule has 1 aliphatic carbocycles. The second-order valence-electron chi connectivity index (χ2n) is 7.95. The predicted molar refractivity (Wildman–Crippen MR) is 122 cm³/mol. The second kappa shape index (κ2) is 9.04. The number of nitrogens with zero attached hydrogens (tertiary/aromatic N) is 3. The Morgan fingerprint density at radius 1 is 1.31 bits per heavy atom. The van der Waals surface area contributed by atoms with Crippen LogP contribution in [0.15, 0.2) is 39.5 Å². The maximum atomic E-state index is 6.49. The third-order valence-electron chi connectivity index (χ3n) is 5.64. The molecule has 0 radical (unpaired) electrons. The number of hydrogen-bond donors (Lipinski definition) is 1. The summed E-state index contributed by atoms with van der Waals surface area (Å²) in [5, 5.41) is 13.2. The predicted octanol–water partition coefficient (Wildman–Crippen LogP) is 6.32. The zero-order chi connectivity index (χ0) is 20.4. The molecule has 0 spiro atoms. The number of rotatable bonds is 5. The molecule has 7 heteroatoms. The van der Waals surface area contributed by atoms with Gasteiger partial charge in [-0.15, -0.1) is 10.2 Å². The van der Waals surface area contributed by atoms with Crippen molar-refractivity contribution in [2.24, 2.45) is 11.8 Å². The Balaban J connectivity index is 1.71. The lowest BCUT2D eigenvalue weighted by Crippen LogP contribution is -2.39. The van der Waals surface area contributed by atoms with Crippen LogP contribution in [0.1, 0.15) is 46.5 Å². The molecule has 0 amide bonds. The molecule has 1 N–H and O–H groups in total. The Morgan fingerprint density at radius 2 is 2.17 bits per heavy atom. The van der Waals surface area contributed by atoms with Gasteiger partial charge in [0, 0.05) is 27.4 Å². The quantitative estimate of drug-likeness (QED) is 0.310. The minimum Gasteiger partial charge on any atom is -0.452 e. The van der Waals surface area contributed by atoms with Gasteiger partial charge in [0.2, 0.25) is 11.0 Å². The molecule has 2 heterocycles. The van der Waals surface area contributed by atoms with Crippen LogP contribution in [0.3, 0.4) is 0 Å². The minimum absolute atomic E-state index is 0.152. The normalized spacial score (nSPS) is 23.2. The topological polar surface area (TPSA) is 59.9 Å². The van der Waals surface area contributed by atoms with E-state index in [-0.39, 0.29) is 6.23 Å². The number of unbranched alkanes of at least 4 members (excludes halogenated alkanes) is 1. The smallest absolute Gasteiger partial charge is 0.247 e. The van der Waals surface area contributed by atoms with Gasteiger partial charge in [-0.3, -0.25) is 0 Å². The zero-order valence-electron chi connectivity index (χ0n) is 17.1. The first-order chi connectivity index (χ1) is 14.0. The van der Waals surface area contributed by atoms with E-state index in [1.54, 1.807) is 11.8 Å². The Bertz CT molecular complexity index is 920. The number of fused-ring (bicyclic) bond motifs is 3. The highest BCUT2D eigenvalue weighted by Gasteiger charge is 2.34. The first-order valence-corrected chi connectivity index (χ1v) is 12.1. The number of ether oxygens (including phenoxy) is 1. The molecule has 2 aliphatic rings. The van der Waals surface area contributed by atoms with Gasteiger partial charge in [-0.05, 0) is 50.3 Å². The average molecular weight is 475 g/mol. The van der Waals surface area contributed by atoms with Gasteiger partial charge in [0.05, 0.1) is 0 Å². The summed E-state index contributed by atoms with van der Waals surface area (Å²) in [5.74, 6) is 2.47. The summed E-state index contributed by atoms with van der Waals surface area (Å²) < 4.78 is 7.48. The third kappa shape index (κ3) is 4.61. The highest BCUT2D eigenvalue weighted by molar-refractivity contribution is 9.10. The van der Waals surface area contributed by atoms with Crippen LogP contribution in [-0.4, -0.2) is 27.2 Å². The fourth-order valence-corrected chi connectivity index (χ4v) is 5.21. The number of thioether (sulfide) groups is 1. The summed E-state index contributed by atoms with van der Waals surface area (Å²) in [5.41, 5.74) is 4.15. The molecule has 4 rings (SSSR count). The molecule has 3 atom stereocenters. The van der Waals surface area contributed by atoms with Crippen molar-refractivity contribution in [3.63, 3.8) is 0 Å². The highest BCUT2D eigenvalue weighted by Crippen LogP contribution is 2.41. The molecular weight excluding hydrogens is 448 g/mol. The molecule has 154 valence electrons. The van der Waals surface area contributed by atoms with Crippen molar-refractivity contribution >= 4 is 33.4 Å². The summed E-state index contributed by atoms with van der Waals surface area (Å²) in [6.45, 7) is 6.71. The van der Waals surface area contributed by atoms with Crippen LogP contribution >= 0.6 is 27.7 Å². The summed E-state index contributed by atoms with van der Waals surface area (Å²) >= 11 is 5.23. The molecule has 5 nitrogen and oxygen atoms in total. The van der Waals surface area contributed by atoms with Gasteiger partial charge < -0.3 is 10.1 Å². The summed E-state index contributed by atoms with van der Waals surface area (Å²) in [4.78, 5) is 4.76. The number of anilines is 1. The van der Waals surface area contributed by atoms with E-state index in [1.165, 1.54) is 5.57 Å². The van der Waals surface area contributed by atoms with Crippen LogP contribution in [0, 0.1) is 11.8 Å². The van der Waals surface area contributed by atoms with Gasteiger partial charge in [-0.2, -0.15) is 4.98 Å². The monoisotopic (exact) mass is 474 g/mol. The maximum absolute atomic E-state index is 6.49. The van der Waals surface area contributed by atoms with Gasteiger partial charge in [0.15, 0.2) is 11.9 Å². The molecule has 0 unspecified atom stereocenters. The van der Waals surface area contributed by atoms with Crippen LogP contribution in [0.2, 0.25) is 0 Å². The number of benzene rings is 1. The second-order valence-corrected chi connectivity index (χ2v) is 9.93. The summed E-state index contributed by atoms with van der Waals surface area (Å²) in [7, 11) is 0. The fourth-order valence-electron chi connectivity index (χ4n) is 3.99. The Kier molecular flexibility index (Phi) is 6.44.